The number of rotatable bonds is 2. The summed E-state index contributed by atoms with van der Waals surface area (Å²) in [5.41, 5.74) is -1.10. The molecule has 0 aromatic rings. The zero-order valence-corrected chi connectivity index (χ0v) is 14.1. The van der Waals surface area contributed by atoms with Crippen molar-refractivity contribution in [2.75, 3.05) is 6.61 Å². The van der Waals surface area contributed by atoms with Crippen LogP contribution in [0.5, 0.6) is 0 Å². The molecule has 0 saturated heterocycles. The van der Waals surface area contributed by atoms with Gasteiger partial charge in [0.2, 0.25) is 0 Å². The van der Waals surface area contributed by atoms with Crippen molar-refractivity contribution in [3.8, 4) is 0 Å². The summed E-state index contributed by atoms with van der Waals surface area (Å²) in [7, 11) is 0. The number of allylic oxidation sites excluding steroid dienone is 1. The Morgan fingerprint density at radius 3 is 2.57 bits per heavy atom. The lowest BCUT2D eigenvalue weighted by Gasteiger charge is -2.49. The van der Waals surface area contributed by atoms with Gasteiger partial charge >= 0.3 is 5.97 Å². The smallest absolute Gasteiger partial charge is 0.313 e. The Bertz CT molecular complexity index is 421. The van der Waals surface area contributed by atoms with Crippen molar-refractivity contribution < 1.29 is 14.6 Å². The lowest BCUT2D eigenvalue weighted by Crippen LogP contribution is -2.51. The molecule has 1 saturated carbocycles. The second-order valence-corrected chi connectivity index (χ2v) is 8.15. The lowest BCUT2D eigenvalue weighted by molar-refractivity contribution is -0.178. The maximum Gasteiger partial charge on any atom is 0.313 e. The van der Waals surface area contributed by atoms with Gasteiger partial charge in [0.25, 0.3) is 0 Å². The van der Waals surface area contributed by atoms with E-state index in [1.54, 1.807) is 0 Å². The molecule has 0 unspecified atom stereocenters. The standard InChI is InChI=1S/C18H30O3/c1-12-6-9-15-13(10-12)7-8-14(11-19)18(15,5)16(20)21-17(2,3)4/h7-8,12-15,19H,6,9-11H2,1-5H3/t12-,13+,14-,15-,18-/m0/s1. The molecule has 0 aromatic carbocycles. The number of esters is 1. The first kappa shape index (κ1) is 16.5. The maximum atomic E-state index is 12.9. The van der Waals surface area contributed by atoms with Crippen molar-refractivity contribution in [2.45, 2.75) is 59.5 Å². The molecule has 3 heteroatoms. The highest BCUT2D eigenvalue weighted by atomic mass is 16.6. The van der Waals surface area contributed by atoms with Crippen LogP contribution < -0.4 is 0 Å². The first-order valence-electron chi connectivity index (χ1n) is 8.21. The fourth-order valence-corrected chi connectivity index (χ4v) is 4.08. The number of aliphatic hydroxyl groups excluding tert-OH is 1. The van der Waals surface area contributed by atoms with Gasteiger partial charge in [0, 0.05) is 5.92 Å². The summed E-state index contributed by atoms with van der Waals surface area (Å²) in [4.78, 5) is 12.9. The minimum absolute atomic E-state index is 0.00498. The molecule has 0 amide bonds. The van der Waals surface area contributed by atoms with Crippen LogP contribution >= 0.6 is 0 Å². The van der Waals surface area contributed by atoms with Gasteiger partial charge in [-0.25, -0.2) is 0 Å². The number of hydrogen-bond acceptors (Lipinski definition) is 3. The van der Waals surface area contributed by atoms with Gasteiger partial charge in [-0.15, -0.1) is 0 Å². The van der Waals surface area contributed by atoms with Crippen LogP contribution in [0.2, 0.25) is 0 Å². The largest absolute Gasteiger partial charge is 0.460 e. The van der Waals surface area contributed by atoms with E-state index in [1.165, 1.54) is 0 Å². The molecule has 2 aliphatic rings. The van der Waals surface area contributed by atoms with Crippen molar-refractivity contribution in [3.05, 3.63) is 12.2 Å². The van der Waals surface area contributed by atoms with Crippen molar-refractivity contribution in [3.63, 3.8) is 0 Å². The second-order valence-electron chi connectivity index (χ2n) is 8.15. The molecule has 1 fully saturated rings. The van der Waals surface area contributed by atoms with Crippen LogP contribution in [0.15, 0.2) is 12.2 Å². The second kappa shape index (κ2) is 5.75. The Kier molecular flexibility index (Phi) is 4.53. The third kappa shape index (κ3) is 3.18. The van der Waals surface area contributed by atoms with Crippen molar-refractivity contribution in [1.29, 1.82) is 0 Å². The molecule has 3 nitrogen and oxygen atoms in total. The molecule has 120 valence electrons. The molecule has 0 aliphatic heterocycles. The monoisotopic (exact) mass is 294 g/mol. The molecule has 0 spiro atoms. The fourth-order valence-electron chi connectivity index (χ4n) is 4.08. The molecule has 2 aliphatic carbocycles. The maximum absolute atomic E-state index is 12.9. The van der Waals surface area contributed by atoms with E-state index in [2.05, 4.69) is 13.0 Å². The zero-order valence-electron chi connectivity index (χ0n) is 14.1. The molecule has 1 N–H and O–H groups in total. The van der Waals surface area contributed by atoms with E-state index in [-0.39, 0.29) is 24.4 Å². The number of hydrogen-bond donors (Lipinski definition) is 1. The average molecular weight is 294 g/mol. The van der Waals surface area contributed by atoms with E-state index >= 15 is 0 Å². The third-order valence-corrected chi connectivity index (χ3v) is 5.33. The molecule has 0 heterocycles. The van der Waals surface area contributed by atoms with Crippen LogP contribution in [0, 0.1) is 29.1 Å². The molecule has 0 aromatic heterocycles. The van der Waals surface area contributed by atoms with Crippen LogP contribution in [0.3, 0.4) is 0 Å². The molecule has 21 heavy (non-hydrogen) atoms. The van der Waals surface area contributed by atoms with Gasteiger partial charge in [0.05, 0.1) is 12.0 Å². The molecule has 2 rings (SSSR count). The highest BCUT2D eigenvalue weighted by Crippen LogP contribution is 2.52. The number of carbonyl (C=O) groups is 1. The summed E-state index contributed by atoms with van der Waals surface area (Å²) in [5, 5.41) is 9.76. The fraction of sp³-hybridized carbons (Fsp3) is 0.833. The number of fused-ring (bicyclic) bond motifs is 1. The van der Waals surface area contributed by atoms with Gasteiger partial charge < -0.3 is 9.84 Å². The minimum Gasteiger partial charge on any atom is -0.460 e. The van der Waals surface area contributed by atoms with Gasteiger partial charge in [0.15, 0.2) is 0 Å². The van der Waals surface area contributed by atoms with Crippen LogP contribution in [0.1, 0.15) is 53.9 Å². The SMILES string of the molecule is C[C@H]1CC[C@H]2[C@H](C=C[C@@H](CO)[C@]2(C)C(=O)OC(C)(C)C)C1. The highest BCUT2D eigenvalue weighted by Gasteiger charge is 2.53. The van der Waals surface area contributed by atoms with E-state index in [4.69, 9.17) is 4.74 Å². The Balaban J connectivity index is 2.32. The first-order valence-corrected chi connectivity index (χ1v) is 8.21. The van der Waals surface area contributed by atoms with Gasteiger partial charge in [-0.3, -0.25) is 4.79 Å². The lowest BCUT2D eigenvalue weighted by atomic mass is 9.55. The van der Waals surface area contributed by atoms with E-state index in [9.17, 15) is 9.90 Å². The van der Waals surface area contributed by atoms with Crippen molar-refractivity contribution >= 4 is 5.97 Å². The minimum atomic E-state index is -0.610. The Morgan fingerprint density at radius 2 is 2.00 bits per heavy atom. The summed E-state index contributed by atoms with van der Waals surface area (Å²) in [6.45, 7) is 10.0. The molecular weight excluding hydrogens is 264 g/mol. The quantitative estimate of drug-likeness (QED) is 0.625. The third-order valence-electron chi connectivity index (χ3n) is 5.33. The summed E-state index contributed by atoms with van der Waals surface area (Å²) in [6.07, 6.45) is 7.61. The van der Waals surface area contributed by atoms with Gasteiger partial charge in [-0.05, 0) is 58.3 Å². The average Bonchev–Trinajstić information content (AvgIpc) is 2.36. The summed E-state index contributed by atoms with van der Waals surface area (Å²) in [6, 6.07) is 0. The van der Waals surface area contributed by atoms with E-state index in [0.717, 1.165) is 19.3 Å². The molecule has 0 radical (unpaired) electrons. The number of aliphatic hydroxyl groups is 1. The first-order chi connectivity index (χ1) is 9.68. The Labute approximate surface area is 128 Å². The molecule has 5 atom stereocenters. The highest BCUT2D eigenvalue weighted by molar-refractivity contribution is 5.78. The summed E-state index contributed by atoms with van der Waals surface area (Å²) >= 11 is 0. The predicted molar refractivity (Wildman–Crippen MR) is 83.7 cm³/mol. The number of carbonyl (C=O) groups excluding carboxylic acids is 1. The van der Waals surface area contributed by atoms with Crippen LogP contribution in [-0.2, 0) is 9.53 Å². The van der Waals surface area contributed by atoms with Gasteiger partial charge in [-0.2, -0.15) is 0 Å². The van der Waals surface area contributed by atoms with E-state index < -0.39 is 11.0 Å². The molecule has 0 bridgehead atoms. The Morgan fingerprint density at radius 1 is 1.33 bits per heavy atom. The summed E-state index contributed by atoms with van der Waals surface area (Å²) in [5.74, 6) is 1.15. The molecular formula is C18H30O3. The topological polar surface area (TPSA) is 46.5 Å². The normalized spacial score (nSPS) is 39.7. The van der Waals surface area contributed by atoms with Crippen LogP contribution in [0.25, 0.3) is 0 Å². The predicted octanol–water partition coefficient (Wildman–Crippen LogP) is 3.57. The van der Waals surface area contributed by atoms with E-state index in [1.807, 2.05) is 33.8 Å². The van der Waals surface area contributed by atoms with Crippen molar-refractivity contribution in [2.24, 2.45) is 29.1 Å². The summed E-state index contributed by atoms with van der Waals surface area (Å²) < 4.78 is 5.70. The van der Waals surface area contributed by atoms with Crippen LogP contribution in [-0.4, -0.2) is 23.3 Å². The van der Waals surface area contributed by atoms with E-state index in [0.29, 0.717) is 11.8 Å². The zero-order chi connectivity index (χ0) is 15.8. The Hall–Kier alpha value is -0.830. The van der Waals surface area contributed by atoms with Crippen molar-refractivity contribution in [1.82, 2.24) is 0 Å². The number of ether oxygens (including phenoxy) is 1. The van der Waals surface area contributed by atoms with Gasteiger partial charge in [-0.1, -0.05) is 25.5 Å². The van der Waals surface area contributed by atoms with Crippen LogP contribution in [0.4, 0.5) is 0 Å². The van der Waals surface area contributed by atoms with Gasteiger partial charge in [0.1, 0.15) is 5.60 Å².